The number of thioether (sulfide) groups is 1. The van der Waals surface area contributed by atoms with E-state index in [0.29, 0.717) is 5.02 Å². The Balaban J connectivity index is 2.26. The van der Waals surface area contributed by atoms with Gasteiger partial charge in [-0.3, -0.25) is 4.79 Å². The predicted molar refractivity (Wildman–Crippen MR) is 88.1 cm³/mol. The molecule has 1 amide bonds. The third-order valence-corrected chi connectivity index (χ3v) is 5.07. The van der Waals surface area contributed by atoms with Crippen molar-refractivity contribution in [2.45, 2.75) is 17.7 Å². The molecule has 4 nitrogen and oxygen atoms in total. The van der Waals surface area contributed by atoms with Crippen LogP contribution in [0.4, 0.5) is 4.79 Å². The van der Waals surface area contributed by atoms with Crippen molar-refractivity contribution in [2.75, 3.05) is 34.3 Å². The molecule has 0 fully saturated rings. The van der Waals surface area contributed by atoms with Crippen molar-refractivity contribution < 1.29 is 9.45 Å². The van der Waals surface area contributed by atoms with Gasteiger partial charge in [0, 0.05) is 26.1 Å². The number of hydrogen-bond acceptors (Lipinski definition) is 4. The molecule has 1 aromatic carbocycles. The van der Waals surface area contributed by atoms with Crippen molar-refractivity contribution in [3.05, 3.63) is 28.3 Å². The lowest BCUT2D eigenvalue weighted by molar-refractivity contribution is 0.241. The Morgan fingerprint density at radius 1 is 1.38 bits per heavy atom. The highest BCUT2D eigenvalue weighted by Crippen LogP contribution is 2.35. The highest BCUT2D eigenvalue weighted by molar-refractivity contribution is 8.13. The summed E-state index contributed by atoms with van der Waals surface area (Å²) < 4.78 is 5.09. The van der Waals surface area contributed by atoms with Crippen molar-refractivity contribution in [1.29, 1.82) is 0 Å². The zero-order valence-corrected chi connectivity index (χ0v) is 14.1. The van der Waals surface area contributed by atoms with Gasteiger partial charge in [-0.1, -0.05) is 17.7 Å². The van der Waals surface area contributed by atoms with Gasteiger partial charge in [-0.2, -0.15) is 0 Å². The van der Waals surface area contributed by atoms with E-state index in [1.165, 1.54) is 22.9 Å². The Morgan fingerprint density at radius 3 is 2.76 bits per heavy atom. The molecular formula is C14H19BClN2O2S. The van der Waals surface area contributed by atoms with Gasteiger partial charge in [-0.15, -0.1) is 0 Å². The van der Waals surface area contributed by atoms with Crippen LogP contribution in [0, 0.1) is 0 Å². The molecule has 1 aliphatic rings. The molecule has 1 heterocycles. The molecule has 0 aromatic heterocycles. The molecule has 0 spiro atoms. The van der Waals surface area contributed by atoms with Crippen molar-refractivity contribution >= 4 is 36.2 Å². The number of halogens is 1. The summed E-state index contributed by atoms with van der Waals surface area (Å²) in [6.07, 6.45) is 1.79. The third kappa shape index (κ3) is 4.16. The number of amides is 1. The second-order valence-electron chi connectivity index (χ2n) is 5.15. The number of rotatable bonds is 3. The second-order valence-corrected chi connectivity index (χ2v) is 6.52. The van der Waals surface area contributed by atoms with Crippen LogP contribution < -0.4 is 0 Å². The molecule has 2 rings (SSSR count). The van der Waals surface area contributed by atoms with Crippen molar-refractivity contribution in [1.82, 2.24) is 9.71 Å². The maximum atomic E-state index is 12.0. The van der Waals surface area contributed by atoms with E-state index < -0.39 is 0 Å². The molecule has 21 heavy (non-hydrogen) atoms. The van der Waals surface area contributed by atoms with Crippen molar-refractivity contribution in [3.63, 3.8) is 0 Å². The lowest BCUT2D eigenvalue weighted by Crippen LogP contribution is -2.31. The first-order valence-electron chi connectivity index (χ1n) is 6.82. The Bertz CT molecular complexity index is 528. The van der Waals surface area contributed by atoms with Gasteiger partial charge in [-0.05, 0) is 54.9 Å². The number of fused-ring (bicyclic) bond motifs is 1. The van der Waals surface area contributed by atoms with E-state index in [4.69, 9.17) is 16.3 Å². The van der Waals surface area contributed by atoms with Crippen LogP contribution >= 0.6 is 23.4 Å². The Morgan fingerprint density at radius 2 is 2.10 bits per heavy atom. The first-order chi connectivity index (χ1) is 10.0. The highest BCUT2D eigenvalue weighted by Gasteiger charge is 2.21. The summed E-state index contributed by atoms with van der Waals surface area (Å²) in [5.74, 6) is 0. The fourth-order valence-electron chi connectivity index (χ4n) is 2.32. The van der Waals surface area contributed by atoms with Gasteiger partial charge in [0.15, 0.2) is 0 Å². The SMILES string of the molecule is CO[B]N1CCc2ccc(Cl)c(SC(=O)N(C)C)c2CC1. The maximum Gasteiger partial charge on any atom is 0.398 e. The highest BCUT2D eigenvalue weighted by atomic mass is 35.5. The van der Waals surface area contributed by atoms with E-state index in [1.54, 1.807) is 33.7 Å². The van der Waals surface area contributed by atoms with Gasteiger partial charge >= 0.3 is 7.62 Å². The largest absolute Gasteiger partial charge is 0.427 e. The third-order valence-electron chi connectivity index (χ3n) is 3.44. The normalized spacial score (nSPS) is 15.2. The molecule has 0 atom stereocenters. The van der Waals surface area contributed by atoms with Gasteiger partial charge < -0.3 is 14.4 Å². The zero-order valence-electron chi connectivity index (χ0n) is 12.6. The van der Waals surface area contributed by atoms with Gasteiger partial charge in [0.1, 0.15) is 0 Å². The summed E-state index contributed by atoms with van der Waals surface area (Å²) in [6.45, 7) is 1.78. The minimum absolute atomic E-state index is 0.00476. The van der Waals surface area contributed by atoms with Crippen molar-refractivity contribution in [3.8, 4) is 0 Å². The Hall–Kier alpha value is -0.685. The van der Waals surface area contributed by atoms with E-state index in [-0.39, 0.29) is 5.24 Å². The molecular weight excluding hydrogens is 306 g/mol. The smallest absolute Gasteiger partial charge is 0.398 e. The van der Waals surface area contributed by atoms with Crippen LogP contribution in [0.25, 0.3) is 0 Å². The van der Waals surface area contributed by atoms with E-state index in [9.17, 15) is 4.79 Å². The minimum Gasteiger partial charge on any atom is -0.427 e. The number of carbonyl (C=O) groups excluding carboxylic acids is 1. The van der Waals surface area contributed by atoms with Crippen LogP contribution in [-0.4, -0.2) is 56.9 Å². The summed E-state index contributed by atoms with van der Waals surface area (Å²) >= 11 is 7.53. The van der Waals surface area contributed by atoms with Gasteiger partial charge in [0.25, 0.3) is 5.24 Å². The summed E-state index contributed by atoms with van der Waals surface area (Å²) in [5, 5.41) is 0.646. The standard InChI is InChI=1S/C14H19BClN2O2S/c1-17(2)14(19)21-13-11-7-9-18(15-20-3)8-6-10(11)4-5-12(13)16/h4-5H,6-9H2,1-3H3. The van der Waals surface area contributed by atoms with E-state index in [2.05, 4.69) is 10.9 Å². The van der Waals surface area contributed by atoms with Crippen molar-refractivity contribution in [2.24, 2.45) is 0 Å². The second kappa shape index (κ2) is 7.54. The summed E-state index contributed by atoms with van der Waals surface area (Å²) in [5.41, 5.74) is 2.45. The van der Waals surface area contributed by atoms with E-state index in [1.807, 2.05) is 6.07 Å². The van der Waals surface area contributed by atoms with Gasteiger partial charge in [0.05, 0.1) is 5.02 Å². The quantitative estimate of drug-likeness (QED) is 0.632. The maximum absolute atomic E-state index is 12.0. The Labute approximate surface area is 136 Å². The first-order valence-corrected chi connectivity index (χ1v) is 8.02. The molecule has 0 saturated heterocycles. The van der Waals surface area contributed by atoms with Gasteiger partial charge in [-0.25, -0.2) is 0 Å². The fraction of sp³-hybridized carbons (Fsp3) is 0.500. The molecule has 1 aromatic rings. The number of benzene rings is 1. The topological polar surface area (TPSA) is 32.8 Å². The summed E-state index contributed by atoms with van der Waals surface area (Å²) in [6, 6.07) is 3.96. The lowest BCUT2D eigenvalue weighted by Gasteiger charge is -2.16. The monoisotopic (exact) mass is 325 g/mol. The average Bonchev–Trinajstić information content (AvgIpc) is 2.65. The molecule has 0 N–H and O–H groups in total. The van der Waals surface area contributed by atoms with E-state index in [0.717, 1.165) is 30.8 Å². The average molecular weight is 326 g/mol. The van der Waals surface area contributed by atoms with Crippen LogP contribution in [0.5, 0.6) is 0 Å². The van der Waals surface area contributed by atoms with Crippen LogP contribution in [0.15, 0.2) is 17.0 Å². The zero-order chi connectivity index (χ0) is 15.4. The molecule has 7 heteroatoms. The molecule has 0 saturated carbocycles. The number of hydrogen-bond donors (Lipinski definition) is 0. The fourth-order valence-corrected chi connectivity index (χ4v) is 3.49. The molecule has 0 bridgehead atoms. The molecule has 0 unspecified atom stereocenters. The molecule has 0 aliphatic carbocycles. The Kier molecular flexibility index (Phi) is 5.99. The van der Waals surface area contributed by atoms with Crippen LogP contribution in [-0.2, 0) is 17.5 Å². The molecule has 113 valence electrons. The molecule has 1 aliphatic heterocycles. The van der Waals surface area contributed by atoms with Gasteiger partial charge in [0.2, 0.25) is 0 Å². The first kappa shape index (κ1) is 16.7. The molecule has 1 radical (unpaired) electrons. The number of carbonyl (C=O) groups is 1. The van der Waals surface area contributed by atoms with Crippen LogP contribution in [0.1, 0.15) is 11.1 Å². The summed E-state index contributed by atoms with van der Waals surface area (Å²) in [4.78, 5) is 16.6. The predicted octanol–water partition coefficient (Wildman–Crippen LogP) is 2.69. The lowest BCUT2D eigenvalue weighted by atomic mass is 10.0. The van der Waals surface area contributed by atoms with Crippen LogP contribution in [0.3, 0.4) is 0 Å². The van der Waals surface area contributed by atoms with Crippen LogP contribution in [0.2, 0.25) is 5.02 Å². The number of nitrogens with zero attached hydrogens (tertiary/aromatic N) is 2. The summed E-state index contributed by atoms with van der Waals surface area (Å²) in [7, 11) is 6.91. The van der Waals surface area contributed by atoms with E-state index >= 15 is 0 Å². The minimum atomic E-state index is -0.00476.